The van der Waals surface area contributed by atoms with Gasteiger partial charge < -0.3 is 15.3 Å². The zero-order valence-corrected chi connectivity index (χ0v) is 14.9. The Kier molecular flexibility index (Phi) is 5.86. The first-order chi connectivity index (χ1) is 13.0. The molecule has 0 bridgehead atoms. The maximum absolute atomic E-state index is 12.3. The van der Waals surface area contributed by atoms with E-state index in [0.29, 0.717) is 12.8 Å². The van der Waals surface area contributed by atoms with Gasteiger partial charge in [-0.3, -0.25) is 9.59 Å². The van der Waals surface area contributed by atoms with Crippen LogP contribution in [0.2, 0.25) is 0 Å². The van der Waals surface area contributed by atoms with E-state index in [1.807, 2.05) is 54.6 Å². The smallest absolute Gasteiger partial charge is 0.326 e. The van der Waals surface area contributed by atoms with Crippen molar-refractivity contribution in [1.29, 1.82) is 0 Å². The van der Waals surface area contributed by atoms with E-state index in [-0.39, 0.29) is 31.2 Å². The minimum Gasteiger partial charge on any atom is -0.480 e. The summed E-state index contributed by atoms with van der Waals surface area (Å²) in [5.41, 5.74) is 2.76. The largest absolute Gasteiger partial charge is 0.480 e. The molecule has 6 heteroatoms. The van der Waals surface area contributed by atoms with Crippen molar-refractivity contribution < 1.29 is 19.5 Å². The number of aryl methyl sites for hydroxylation is 1. The Morgan fingerprint density at radius 2 is 1.74 bits per heavy atom. The number of benzene rings is 2. The number of fused-ring (bicyclic) bond motifs is 1. The molecule has 2 aromatic carbocycles. The first kappa shape index (κ1) is 18.6. The highest BCUT2D eigenvalue weighted by Gasteiger charge is 2.25. The van der Waals surface area contributed by atoms with Gasteiger partial charge in [0.1, 0.15) is 6.04 Å². The molecule has 27 heavy (non-hydrogen) atoms. The van der Waals surface area contributed by atoms with Crippen LogP contribution in [0.1, 0.15) is 24.0 Å². The Labute approximate surface area is 157 Å². The lowest BCUT2D eigenvalue weighted by atomic mass is 10.0. The number of amides is 2. The van der Waals surface area contributed by atoms with Crippen molar-refractivity contribution in [2.75, 3.05) is 11.4 Å². The zero-order valence-electron chi connectivity index (χ0n) is 14.9. The van der Waals surface area contributed by atoms with Crippen LogP contribution >= 0.6 is 0 Å². The van der Waals surface area contributed by atoms with Crippen LogP contribution in [0.25, 0.3) is 0 Å². The number of para-hydroxylation sites is 1. The molecule has 3 rings (SSSR count). The summed E-state index contributed by atoms with van der Waals surface area (Å²) in [5.74, 6) is -1.47. The summed E-state index contributed by atoms with van der Waals surface area (Å²) in [6.45, 7) is 0.235. The number of carboxylic acids is 1. The highest BCUT2D eigenvalue weighted by Crippen LogP contribution is 2.27. The molecule has 1 atom stereocenters. The molecule has 1 aliphatic heterocycles. The van der Waals surface area contributed by atoms with Crippen molar-refractivity contribution in [3.05, 3.63) is 65.7 Å². The van der Waals surface area contributed by atoms with Gasteiger partial charge in [0.15, 0.2) is 0 Å². The first-order valence-corrected chi connectivity index (χ1v) is 8.99. The lowest BCUT2D eigenvalue weighted by molar-refractivity contribution is -0.141. The molecule has 2 aromatic rings. The van der Waals surface area contributed by atoms with Crippen molar-refractivity contribution in [2.24, 2.45) is 0 Å². The Morgan fingerprint density at radius 3 is 2.48 bits per heavy atom. The van der Waals surface area contributed by atoms with Gasteiger partial charge in [-0.2, -0.15) is 0 Å². The fourth-order valence-electron chi connectivity index (χ4n) is 3.27. The topological polar surface area (TPSA) is 86.7 Å². The molecule has 2 N–H and O–H groups in total. The third kappa shape index (κ3) is 4.73. The highest BCUT2D eigenvalue weighted by molar-refractivity contribution is 5.97. The van der Waals surface area contributed by atoms with Crippen LogP contribution in [0.5, 0.6) is 0 Å². The highest BCUT2D eigenvalue weighted by atomic mass is 16.4. The summed E-state index contributed by atoms with van der Waals surface area (Å²) in [6, 6.07) is 15.8. The van der Waals surface area contributed by atoms with E-state index in [4.69, 9.17) is 0 Å². The molecule has 0 aromatic heterocycles. The van der Waals surface area contributed by atoms with Crippen molar-refractivity contribution in [3.8, 4) is 0 Å². The van der Waals surface area contributed by atoms with Gasteiger partial charge in [0.2, 0.25) is 11.8 Å². The minimum absolute atomic E-state index is 0.0134. The number of carbonyl (C=O) groups excluding carboxylic acids is 2. The summed E-state index contributed by atoms with van der Waals surface area (Å²) in [4.78, 5) is 37.6. The van der Waals surface area contributed by atoms with Crippen LogP contribution in [0.15, 0.2) is 54.6 Å². The number of nitrogens with zero attached hydrogens (tertiary/aromatic N) is 1. The molecule has 1 heterocycles. The summed E-state index contributed by atoms with van der Waals surface area (Å²) < 4.78 is 0. The van der Waals surface area contributed by atoms with E-state index < -0.39 is 12.0 Å². The van der Waals surface area contributed by atoms with E-state index in [1.165, 1.54) is 0 Å². The molecule has 0 unspecified atom stereocenters. The van der Waals surface area contributed by atoms with Gasteiger partial charge in [-0.15, -0.1) is 0 Å². The molecule has 0 spiro atoms. The number of carboxylic acid groups (broad SMARTS) is 1. The monoisotopic (exact) mass is 366 g/mol. The third-order valence-electron chi connectivity index (χ3n) is 4.67. The molecule has 1 aliphatic rings. The van der Waals surface area contributed by atoms with Crippen molar-refractivity contribution in [3.63, 3.8) is 0 Å². The van der Waals surface area contributed by atoms with E-state index in [9.17, 15) is 19.5 Å². The number of anilines is 1. The van der Waals surface area contributed by atoms with Crippen molar-refractivity contribution >= 4 is 23.5 Å². The van der Waals surface area contributed by atoms with Crippen LogP contribution < -0.4 is 10.2 Å². The second-order valence-electron chi connectivity index (χ2n) is 6.57. The van der Waals surface area contributed by atoms with Crippen molar-refractivity contribution in [1.82, 2.24) is 5.32 Å². The molecule has 2 amide bonds. The molecule has 0 fully saturated rings. The molecule has 0 saturated heterocycles. The maximum Gasteiger partial charge on any atom is 0.326 e. The molecule has 6 nitrogen and oxygen atoms in total. The van der Waals surface area contributed by atoms with Crippen molar-refractivity contribution in [2.45, 2.75) is 31.7 Å². The first-order valence-electron chi connectivity index (χ1n) is 8.99. The lowest BCUT2D eigenvalue weighted by Crippen LogP contribution is -2.44. The summed E-state index contributed by atoms with van der Waals surface area (Å²) in [7, 11) is 0. The Balaban J connectivity index is 1.60. The maximum atomic E-state index is 12.3. The Morgan fingerprint density at radius 1 is 1.04 bits per heavy atom. The average molecular weight is 366 g/mol. The number of hydrogen-bond acceptors (Lipinski definition) is 3. The number of rotatable bonds is 7. The van der Waals surface area contributed by atoms with Gasteiger partial charge in [-0.05, 0) is 23.6 Å². The second kappa shape index (κ2) is 8.49. The van der Waals surface area contributed by atoms with Crippen LogP contribution in [-0.2, 0) is 27.2 Å². The van der Waals surface area contributed by atoms with E-state index in [0.717, 1.165) is 16.8 Å². The second-order valence-corrected chi connectivity index (χ2v) is 6.57. The molecule has 140 valence electrons. The number of hydrogen-bond donors (Lipinski definition) is 2. The fourth-order valence-corrected chi connectivity index (χ4v) is 3.27. The normalized spacial score (nSPS) is 14.4. The lowest BCUT2D eigenvalue weighted by Gasteiger charge is -2.29. The summed E-state index contributed by atoms with van der Waals surface area (Å²) in [6.07, 6.45) is 1.40. The quantitative estimate of drug-likeness (QED) is 0.786. The van der Waals surface area contributed by atoms with Crippen LogP contribution in [0.3, 0.4) is 0 Å². The Bertz CT molecular complexity index is 835. The van der Waals surface area contributed by atoms with Gasteiger partial charge in [0.25, 0.3) is 0 Å². The van der Waals surface area contributed by atoms with E-state index >= 15 is 0 Å². The standard InChI is InChI=1S/C21H22N2O4/c24-19(22-17(21(26)27)14-15-6-2-1-3-7-15)12-13-23-18-9-5-4-8-16(18)10-11-20(23)25/h1-9,17H,10-14H2,(H,22,24)(H,26,27)/t17-/m0/s1. The number of aliphatic carboxylic acids is 1. The zero-order chi connectivity index (χ0) is 19.2. The fraction of sp³-hybridized carbons (Fsp3) is 0.286. The predicted octanol–water partition coefficient (Wildman–Crippen LogP) is 2.17. The summed E-state index contributed by atoms with van der Waals surface area (Å²) >= 11 is 0. The number of carbonyl (C=O) groups is 3. The van der Waals surface area contributed by atoms with Gasteiger partial charge in [0, 0.05) is 31.5 Å². The minimum atomic E-state index is -1.08. The van der Waals surface area contributed by atoms with E-state index in [1.54, 1.807) is 4.90 Å². The van der Waals surface area contributed by atoms with Gasteiger partial charge in [-0.1, -0.05) is 48.5 Å². The van der Waals surface area contributed by atoms with Gasteiger partial charge in [-0.25, -0.2) is 4.79 Å². The molecular formula is C21H22N2O4. The molecule has 0 radical (unpaired) electrons. The van der Waals surface area contributed by atoms with E-state index in [2.05, 4.69) is 5.32 Å². The van der Waals surface area contributed by atoms with Crippen LogP contribution in [-0.4, -0.2) is 35.5 Å². The Hall–Kier alpha value is -3.15. The molecule has 0 aliphatic carbocycles. The van der Waals surface area contributed by atoms with Crippen LogP contribution in [0.4, 0.5) is 5.69 Å². The van der Waals surface area contributed by atoms with Gasteiger partial charge >= 0.3 is 5.97 Å². The summed E-state index contributed by atoms with van der Waals surface area (Å²) in [5, 5.41) is 12.0. The molecular weight excluding hydrogens is 344 g/mol. The predicted molar refractivity (Wildman–Crippen MR) is 101 cm³/mol. The number of nitrogens with one attached hydrogen (secondary N) is 1. The molecule has 0 saturated carbocycles. The third-order valence-corrected chi connectivity index (χ3v) is 4.67. The SMILES string of the molecule is O=C(CCN1C(=O)CCc2ccccc21)N[C@@H](Cc1ccccc1)C(=O)O. The average Bonchev–Trinajstić information content (AvgIpc) is 2.67. The van der Waals surface area contributed by atoms with Crippen LogP contribution in [0, 0.1) is 0 Å². The van der Waals surface area contributed by atoms with Gasteiger partial charge in [0.05, 0.1) is 0 Å².